The molecule has 2 aromatic rings. The fourth-order valence-electron chi connectivity index (χ4n) is 3.23. The topological polar surface area (TPSA) is 57.4 Å². The number of halogens is 1. The first kappa shape index (κ1) is 15.9. The first-order valence-electron chi connectivity index (χ1n) is 7.72. The zero-order valence-electron chi connectivity index (χ0n) is 13.5. The van der Waals surface area contributed by atoms with E-state index in [1.807, 2.05) is 12.1 Å². The van der Waals surface area contributed by atoms with Crippen LogP contribution in [0.4, 0.5) is 17.2 Å². The van der Waals surface area contributed by atoms with E-state index in [-0.39, 0.29) is 5.54 Å². The van der Waals surface area contributed by atoms with Crippen LogP contribution in [0.5, 0.6) is 0 Å². The van der Waals surface area contributed by atoms with Gasteiger partial charge in [-0.1, -0.05) is 29.8 Å². The maximum absolute atomic E-state index is 6.43. The zero-order valence-corrected chi connectivity index (χ0v) is 14.2. The Hall–Kier alpha value is -1.98. The number of benzene rings is 1. The van der Waals surface area contributed by atoms with E-state index in [0.717, 1.165) is 25.3 Å². The summed E-state index contributed by atoms with van der Waals surface area (Å²) in [6.07, 6.45) is 1.73. The minimum Gasteiger partial charge on any atom is -0.366 e. The minimum atomic E-state index is -0.0114. The second-order valence-corrected chi connectivity index (χ2v) is 6.74. The molecule has 0 bridgehead atoms. The molecule has 0 unspecified atom stereocenters. The van der Waals surface area contributed by atoms with Crippen molar-refractivity contribution in [2.75, 3.05) is 34.9 Å². The van der Waals surface area contributed by atoms with E-state index < -0.39 is 0 Å². The van der Waals surface area contributed by atoms with Crippen molar-refractivity contribution in [2.45, 2.75) is 19.4 Å². The van der Waals surface area contributed by atoms with Crippen LogP contribution in [-0.4, -0.2) is 30.2 Å². The Morgan fingerprint density at radius 2 is 1.91 bits per heavy atom. The van der Waals surface area contributed by atoms with Gasteiger partial charge in [0.05, 0.1) is 11.2 Å². The number of hydrogen-bond donors (Lipinski definition) is 2. The molecule has 23 heavy (non-hydrogen) atoms. The van der Waals surface area contributed by atoms with Crippen LogP contribution >= 0.6 is 11.6 Å². The molecule has 2 heterocycles. The van der Waals surface area contributed by atoms with Crippen molar-refractivity contribution in [1.82, 2.24) is 4.98 Å². The number of anilines is 3. The third-order valence-electron chi connectivity index (χ3n) is 4.32. The number of piperazine rings is 1. The number of hydrogen-bond acceptors (Lipinski definition) is 5. The number of nitrogens with zero attached hydrogens (tertiary/aromatic N) is 3. The third-order valence-corrected chi connectivity index (χ3v) is 4.69. The quantitative estimate of drug-likeness (QED) is 0.668. The van der Waals surface area contributed by atoms with Gasteiger partial charge in [-0.25, -0.2) is 10.8 Å². The smallest absolute Gasteiger partial charge is 0.160 e. The SMILES string of the molecule is CC1(C)CN(c2ccnc(NN)c2Cl)CCN1c1ccccc1. The molecule has 3 rings (SSSR count). The van der Waals surface area contributed by atoms with Crippen LogP contribution in [0.2, 0.25) is 5.02 Å². The summed E-state index contributed by atoms with van der Waals surface area (Å²) in [6.45, 7) is 7.20. The molecule has 0 radical (unpaired) electrons. The van der Waals surface area contributed by atoms with Gasteiger partial charge in [0.25, 0.3) is 0 Å². The number of rotatable bonds is 3. The first-order valence-corrected chi connectivity index (χ1v) is 8.09. The maximum Gasteiger partial charge on any atom is 0.160 e. The van der Waals surface area contributed by atoms with Gasteiger partial charge in [-0.2, -0.15) is 0 Å². The van der Waals surface area contributed by atoms with E-state index >= 15 is 0 Å². The maximum atomic E-state index is 6.43. The summed E-state index contributed by atoms with van der Waals surface area (Å²) in [4.78, 5) is 8.89. The molecule has 0 aliphatic carbocycles. The molecule has 1 saturated heterocycles. The number of aromatic nitrogens is 1. The second-order valence-electron chi connectivity index (χ2n) is 6.36. The molecule has 1 aromatic carbocycles. The minimum absolute atomic E-state index is 0.0114. The summed E-state index contributed by atoms with van der Waals surface area (Å²) in [5, 5.41) is 0.568. The molecule has 5 nitrogen and oxygen atoms in total. The van der Waals surface area contributed by atoms with Gasteiger partial charge in [-0.15, -0.1) is 0 Å². The summed E-state index contributed by atoms with van der Waals surface area (Å²) in [5.41, 5.74) is 4.76. The van der Waals surface area contributed by atoms with Crippen molar-refractivity contribution in [3.05, 3.63) is 47.6 Å². The number of hydrazine groups is 1. The zero-order chi connectivity index (χ0) is 16.4. The van der Waals surface area contributed by atoms with Crippen LogP contribution in [0.15, 0.2) is 42.6 Å². The highest BCUT2D eigenvalue weighted by Gasteiger charge is 2.34. The molecule has 1 aromatic heterocycles. The van der Waals surface area contributed by atoms with Gasteiger partial charge in [-0.05, 0) is 32.0 Å². The van der Waals surface area contributed by atoms with Crippen molar-refractivity contribution < 1.29 is 0 Å². The van der Waals surface area contributed by atoms with E-state index in [4.69, 9.17) is 17.4 Å². The number of nitrogens with two attached hydrogens (primary N) is 1. The Bertz CT molecular complexity index is 674. The second kappa shape index (κ2) is 6.26. The van der Waals surface area contributed by atoms with Crippen molar-refractivity contribution in [3.8, 4) is 0 Å². The van der Waals surface area contributed by atoms with E-state index in [1.54, 1.807) is 6.20 Å². The average molecular weight is 332 g/mol. The van der Waals surface area contributed by atoms with E-state index in [9.17, 15) is 0 Å². The molecule has 6 heteroatoms. The molecule has 1 fully saturated rings. The molecule has 1 aliphatic rings. The highest BCUT2D eigenvalue weighted by Crippen LogP contribution is 2.35. The predicted molar refractivity (Wildman–Crippen MR) is 97.1 cm³/mol. The van der Waals surface area contributed by atoms with Crippen LogP contribution in [-0.2, 0) is 0 Å². The molecule has 0 spiro atoms. The Kier molecular flexibility index (Phi) is 4.33. The molecular formula is C17H22ClN5. The van der Waals surface area contributed by atoms with Crippen molar-refractivity contribution in [1.29, 1.82) is 0 Å². The summed E-state index contributed by atoms with van der Waals surface area (Å²) in [5.74, 6) is 5.98. The standard InChI is InChI=1S/C17H22ClN5/c1-17(2)12-22(14-8-9-20-16(21-19)15(14)18)10-11-23(17)13-6-4-3-5-7-13/h3-9H,10-12,19H2,1-2H3,(H,20,21). The number of nitrogens with one attached hydrogen (secondary N) is 1. The summed E-state index contributed by atoms with van der Waals surface area (Å²) in [7, 11) is 0. The fraction of sp³-hybridized carbons (Fsp3) is 0.353. The van der Waals surface area contributed by atoms with Gasteiger partial charge in [0.15, 0.2) is 5.82 Å². The summed E-state index contributed by atoms with van der Waals surface area (Å²) < 4.78 is 0. The van der Waals surface area contributed by atoms with Gasteiger partial charge >= 0.3 is 0 Å². The van der Waals surface area contributed by atoms with Crippen LogP contribution < -0.4 is 21.1 Å². The average Bonchev–Trinajstić information content (AvgIpc) is 2.55. The molecular weight excluding hydrogens is 310 g/mol. The normalized spacial score (nSPS) is 17.2. The third kappa shape index (κ3) is 3.07. The fourth-order valence-corrected chi connectivity index (χ4v) is 3.51. The molecule has 0 amide bonds. The Morgan fingerprint density at radius 1 is 1.17 bits per heavy atom. The summed E-state index contributed by atoms with van der Waals surface area (Å²) in [6, 6.07) is 12.5. The largest absolute Gasteiger partial charge is 0.366 e. The van der Waals surface area contributed by atoms with Gasteiger partial charge in [0.2, 0.25) is 0 Å². The summed E-state index contributed by atoms with van der Waals surface area (Å²) >= 11 is 6.43. The lowest BCUT2D eigenvalue weighted by atomic mass is 9.97. The lowest BCUT2D eigenvalue weighted by molar-refractivity contribution is 0.415. The predicted octanol–water partition coefficient (Wildman–Crippen LogP) is 3.13. The molecule has 3 N–H and O–H groups in total. The van der Waals surface area contributed by atoms with Crippen molar-refractivity contribution >= 4 is 28.8 Å². The van der Waals surface area contributed by atoms with Gasteiger partial charge in [0.1, 0.15) is 5.02 Å². The first-order chi connectivity index (χ1) is 11.0. The number of pyridine rings is 1. The highest BCUT2D eigenvalue weighted by atomic mass is 35.5. The number of nitrogen functional groups attached to an aromatic ring is 1. The monoisotopic (exact) mass is 331 g/mol. The van der Waals surface area contributed by atoms with E-state index in [2.05, 4.69) is 58.3 Å². The van der Waals surface area contributed by atoms with Crippen molar-refractivity contribution in [3.63, 3.8) is 0 Å². The molecule has 1 aliphatic heterocycles. The van der Waals surface area contributed by atoms with Gasteiger partial charge < -0.3 is 15.2 Å². The van der Waals surface area contributed by atoms with Gasteiger partial charge in [-0.3, -0.25) is 0 Å². The van der Waals surface area contributed by atoms with E-state index in [1.165, 1.54) is 5.69 Å². The lowest BCUT2D eigenvalue weighted by Gasteiger charge is -2.49. The van der Waals surface area contributed by atoms with Gasteiger partial charge in [0, 0.05) is 31.5 Å². The van der Waals surface area contributed by atoms with Crippen LogP contribution in [0.3, 0.4) is 0 Å². The van der Waals surface area contributed by atoms with Crippen LogP contribution in [0, 0.1) is 0 Å². The van der Waals surface area contributed by atoms with Crippen molar-refractivity contribution in [2.24, 2.45) is 5.84 Å². The Labute approximate surface area is 142 Å². The number of para-hydroxylation sites is 1. The molecule has 122 valence electrons. The van der Waals surface area contributed by atoms with Crippen LogP contribution in [0.25, 0.3) is 0 Å². The Balaban J connectivity index is 1.85. The molecule has 0 atom stereocenters. The highest BCUT2D eigenvalue weighted by molar-refractivity contribution is 6.35. The lowest BCUT2D eigenvalue weighted by Crippen LogP contribution is -2.59. The Morgan fingerprint density at radius 3 is 2.57 bits per heavy atom. The van der Waals surface area contributed by atoms with E-state index in [0.29, 0.717) is 10.8 Å². The van der Waals surface area contributed by atoms with Crippen LogP contribution in [0.1, 0.15) is 13.8 Å². The molecule has 0 saturated carbocycles.